The predicted molar refractivity (Wildman–Crippen MR) is 86.9 cm³/mol. The zero-order valence-corrected chi connectivity index (χ0v) is 13.2. The molecule has 0 atom stereocenters. The van der Waals surface area contributed by atoms with Gasteiger partial charge >= 0.3 is 0 Å². The third-order valence-corrected chi connectivity index (χ3v) is 3.71. The second-order valence-electron chi connectivity index (χ2n) is 5.49. The second-order valence-corrected chi connectivity index (χ2v) is 5.49. The number of aryl methyl sites for hydroxylation is 2. The number of carbonyl (C=O) groups excluding carboxylic acids is 1. The largest absolute Gasteiger partial charge is 0.396 e. The van der Waals surface area contributed by atoms with Gasteiger partial charge < -0.3 is 10.4 Å². The summed E-state index contributed by atoms with van der Waals surface area (Å²) in [6, 6.07) is 5.41. The quantitative estimate of drug-likeness (QED) is 0.771. The molecule has 5 heteroatoms. The molecule has 0 aliphatic heterocycles. The smallest absolute Gasteiger partial charge is 0.251 e. The minimum atomic E-state index is -0.0795. The van der Waals surface area contributed by atoms with Crippen molar-refractivity contribution in [2.45, 2.75) is 39.5 Å². The van der Waals surface area contributed by atoms with Crippen LogP contribution in [-0.2, 0) is 0 Å². The topological polar surface area (TPSA) is 75.1 Å². The van der Waals surface area contributed by atoms with Crippen LogP contribution >= 0.6 is 0 Å². The molecular formula is C17H23N3O2. The first-order valence-electron chi connectivity index (χ1n) is 7.76. The van der Waals surface area contributed by atoms with Gasteiger partial charge in [0.05, 0.1) is 22.4 Å². The average Bonchev–Trinajstić information content (AvgIpc) is 2.51. The molecule has 1 amide bonds. The molecule has 2 aromatic rings. The highest BCUT2D eigenvalue weighted by atomic mass is 16.2. The fraction of sp³-hybridized carbons (Fsp3) is 0.471. The van der Waals surface area contributed by atoms with Crippen LogP contribution in [0.4, 0.5) is 0 Å². The number of aliphatic hydroxyl groups excluding tert-OH is 1. The van der Waals surface area contributed by atoms with Crippen molar-refractivity contribution in [3.8, 4) is 0 Å². The van der Waals surface area contributed by atoms with Crippen molar-refractivity contribution in [1.29, 1.82) is 0 Å². The summed E-state index contributed by atoms with van der Waals surface area (Å²) in [5.74, 6) is -0.0795. The van der Waals surface area contributed by atoms with Gasteiger partial charge in [0.25, 0.3) is 5.91 Å². The average molecular weight is 301 g/mol. The molecule has 1 heterocycles. The Hall–Kier alpha value is -2.01. The number of fused-ring (bicyclic) bond motifs is 1. The molecule has 0 saturated heterocycles. The second kappa shape index (κ2) is 7.84. The number of nitrogens with zero attached hydrogens (tertiary/aromatic N) is 2. The van der Waals surface area contributed by atoms with Crippen LogP contribution in [0.25, 0.3) is 11.0 Å². The third-order valence-electron chi connectivity index (χ3n) is 3.71. The van der Waals surface area contributed by atoms with E-state index in [0.29, 0.717) is 12.1 Å². The van der Waals surface area contributed by atoms with Crippen LogP contribution in [-0.4, -0.2) is 34.1 Å². The molecule has 5 nitrogen and oxygen atoms in total. The Labute approximate surface area is 130 Å². The summed E-state index contributed by atoms with van der Waals surface area (Å²) < 4.78 is 0. The maximum Gasteiger partial charge on any atom is 0.251 e. The van der Waals surface area contributed by atoms with Crippen molar-refractivity contribution < 1.29 is 9.90 Å². The van der Waals surface area contributed by atoms with Crippen LogP contribution in [0, 0.1) is 13.8 Å². The highest BCUT2D eigenvalue weighted by Crippen LogP contribution is 2.14. The number of nitrogens with one attached hydrogen (secondary N) is 1. The van der Waals surface area contributed by atoms with Crippen molar-refractivity contribution in [3.63, 3.8) is 0 Å². The third kappa shape index (κ3) is 4.24. The Morgan fingerprint density at radius 1 is 1.05 bits per heavy atom. The highest BCUT2D eigenvalue weighted by Gasteiger charge is 2.08. The standard InChI is InChI=1S/C17H23N3O2/c1-12-13(2)20-16-11-14(7-8-15(16)19-12)17(22)18-9-5-3-4-6-10-21/h7-8,11,21H,3-6,9-10H2,1-2H3,(H,18,22). The number of unbranched alkanes of at least 4 members (excludes halogenated alkanes) is 3. The van der Waals surface area contributed by atoms with Crippen LogP contribution in [0.3, 0.4) is 0 Å². The molecule has 2 N–H and O–H groups in total. The van der Waals surface area contributed by atoms with E-state index in [0.717, 1.165) is 48.1 Å². The predicted octanol–water partition coefficient (Wildman–Crippen LogP) is 2.53. The molecule has 118 valence electrons. The lowest BCUT2D eigenvalue weighted by molar-refractivity contribution is 0.0953. The summed E-state index contributed by atoms with van der Waals surface area (Å²) in [5, 5.41) is 11.6. The van der Waals surface area contributed by atoms with Gasteiger partial charge in [-0.15, -0.1) is 0 Å². The SMILES string of the molecule is Cc1nc2ccc(C(=O)NCCCCCCO)cc2nc1C. The van der Waals surface area contributed by atoms with E-state index in [1.54, 1.807) is 12.1 Å². The van der Waals surface area contributed by atoms with Gasteiger partial charge in [-0.25, -0.2) is 9.97 Å². The summed E-state index contributed by atoms with van der Waals surface area (Å²) in [6.07, 6.45) is 3.77. The minimum absolute atomic E-state index is 0.0795. The van der Waals surface area contributed by atoms with Crippen molar-refractivity contribution >= 4 is 16.9 Å². The number of aromatic nitrogens is 2. The monoisotopic (exact) mass is 301 g/mol. The molecule has 1 aromatic heterocycles. The van der Waals surface area contributed by atoms with Crippen LogP contribution < -0.4 is 5.32 Å². The summed E-state index contributed by atoms with van der Waals surface area (Å²) in [4.78, 5) is 21.1. The van der Waals surface area contributed by atoms with Gasteiger partial charge in [0, 0.05) is 18.7 Å². The molecule has 0 unspecified atom stereocenters. The lowest BCUT2D eigenvalue weighted by Crippen LogP contribution is -2.24. The molecule has 0 saturated carbocycles. The van der Waals surface area contributed by atoms with Crippen LogP contribution in [0.2, 0.25) is 0 Å². The van der Waals surface area contributed by atoms with Gasteiger partial charge in [-0.1, -0.05) is 12.8 Å². The Morgan fingerprint density at radius 3 is 2.45 bits per heavy atom. The highest BCUT2D eigenvalue weighted by molar-refractivity contribution is 5.97. The molecule has 0 aliphatic rings. The van der Waals surface area contributed by atoms with E-state index in [4.69, 9.17) is 5.11 Å². The first-order valence-corrected chi connectivity index (χ1v) is 7.76. The summed E-state index contributed by atoms with van der Waals surface area (Å²) in [6.45, 7) is 4.74. The van der Waals surface area contributed by atoms with Gasteiger partial charge in [0.1, 0.15) is 0 Å². The zero-order valence-electron chi connectivity index (χ0n) is 13.2. The summed E-state index contributed by atoms with van der Waals surface area (Å²) in [5.41, 5.74) is 3.96. The normalized spacial score (nSPS) is 10.9. The van der Waals surface area contributed by atoms with E-state index in [1.165, 1.54) is 0 Å². The summed E-state index contributed by atoms with van der Waals surface area (Å²) >= 11 is 0. The first-order chi connectivity index (χ1) is 10.6. The van der Waals surface area contributed by atoms with E-state index in [9.17, 15) is 4.79 Å². The Balaban J connectivity index is 1.95. The molecule has 0 spiro atoms. The van der Waals surface area contributed by atoms with Crippen LogP contribution in [0.15, 0.2) is 18.2 Å². The number of aliphatic hydroxyl groups is 1. The van der Waals surface area contributed by atoms with Gasteiger partial charge in [0.15, 0.2) is 0 Å². The molecule has 0 fully saturated rings. The molecule has 0 aliphatic carbocycles. The molecular weight excluding hydrogens is 278 g/mol. The van der Waals surface area contributed by atoms with E-state index in [2.05, 4.69) is 15.3 Å². The van der Waals surface area contributed by atoms with Crippen molar-refractivity contribution in [2.75, 3.05) is 13.2 Å². The van der Waals surface area contributed by atoms with Gasteiger partial charge in [-0.3, -0.25) is 4.79 Å². The van der Waals surface area contributed by atoms with Gasteiger partial charge in [-0.05, 0) is 44.9 Å². The molecule has 2 rings (SSSR count). The number of carbonyl (C=O) groups is 1. The number of hydrogen-bond acceptors (Lipinski definition) is 4. The fourth-order valence-corrected chi connectivity index (χ4v) is 2.27. The number of rotatable bonds is 7. The van der Waals surface area contributed by atoms with Gasteiger partial charge in [-0.2, -0.15) is 0 Å². The van der Waals surface area contributed by atoms with Crippen molar-refractivity contribution in [1.82, 2.24) is 15.3 Å². The van der Waals surface area contributed by atoms with E-state index < -0.39 is 0 Å². The summed E-state index contributed by atoms with van der Waals surface area (Å²) in [7, 11) is 0. The fourth-order valence-electron chi connectivity index (χ4n) is 2.27. The van der Waals surface area contributed by atoms with E-state index in [1.807, 2.05) is 19.9 Å². The number of amides is 1. The lowest BCUT2D eigenvalue weighted by Gasteiger charge is -2.07. The number of benzene rings is 1. The number of hydrogen-bond donors (Lipinski definition) is 2. The zero-order chi connectivity index (χ0) is 15.9. The Morgan fingerprint density at radius 2 is 1.73 bits per heavy atom. The maximum absolute atomic E-state index is 12.1. The van der Waals surface area contributed by atoms with Crippen molar-refractivity contribution in [2.24, 2.45) is 0 Å². The van der Waals surface area contributed by atoms with Gasteiger partial charge in [0.2, 0.25) is 0 Å². The van der Waals surface area contributed by atoms with Crippen molar-refractivity contribution in [3.05, 3.63) is 35.2 Å². The maximum atomic E-state index is 12.1. The molecule has 22 heavy (non-hydrogen) atoms. The Kier molecular flexibility index (Phi) is 5.83. The Bertz CT molecular complexity index is 656. The molecule has 0 bridgehead atoms. The first kappa shape index (κ1) is 16.4. The molecule has 1 aromatic carbocycles. The minimum Gasteiger partial charge on any atom is -0.396 e. The van der Waals surface area contributed by atoms with E-state index >= 15 is 0 Å². The van der Waals surface area contributed by atoms with Crippen LogP contribution in [0.1, 0.15) is 47.4 Å². The van der Waals surface area contributed by atoms with Crippen LogP contribution in [0.5, 0.6) is 0 Å². The van der Waals surface area contributed by atoms with E-state index in [-0.39, 0.29) is 12.5 Å². The molecule has 0 radical (unpaired) electrons. The lowest BCUT2D eigenvalue weighted by atomic mass is 10.1.